The lowest BCUT2D eigenvalue weighted by Gasteiger charge is -2.43. The van der Waals surface area contributed by atoms with Gasteiger partial charge in [-0.05, 0) is 6.92 Å². The Bertz CT molecular complexity index is 893. The quantitative estimate of drug-likeness (QED) is 0.383. The first-order valence-corrected chi connectivity index (χ1v) is 9.97. The molecule has 0 saturated carbocycles. The summed E-state index contributed by atoms with van der Waals surface area (Å²) in [4.78, 5) is 58.7. The number of rotatable bonds is 8. The zero-order valence-electron chi connectivity index (χ0n) is 18.7. The summed E-state index contributed by atoms with van der Waals surface area (Å²) in [5, 5.41) is 3.78. The number of ether oxygens (including phenoxy) is 6. The van der Waals surface area contributed by atoms with Crippen molar-refractivity contribution in [3.63, 3.8) is 0 Å². The molecule has 1 fully saturated rings. The highest BCUT2D eigenvalue weighted by Crippen LogP contribution is 2.37. The van der Waals surface area contributed by atoms with Crippen LogP contribution in [-0.4, -0.2) is 72.6 Å². The minimum absolute atomic E-state index is 0.00412. The highest BCUT2D eigenvalue weighted by atomic mass is 16.7. The van der Waals surface area contributed by atoms with Crippen molar-refractivity contribution in [2.45, 2.75) is 65.1 Å². The summed E-state index contributed by atoms with van der Waals surface area (Å²) < 4.78 is 36.7. The van der Waals surface area contributed by atoms with Crippen molar-refractivity contribution in [2.24, 2.45) is 0 Å². The van der Waals surface area contributed by atoms with Gasteiger partial charge in [0.25, 0.3) is 0 Å². The highest BCUT2D eigenvalue weighted by Gasteiger charge is 2.53. The summed E-state index contributed by atoms with van der Waals surface area (Å²) in [7, 11) is 0. The van der Waals surface area contributed by atoms with Gasteiger partial charge in [-0.15, -0.1) is 0 Å². The predicted molar refractivity (Wildman–Crippen MR) is 103 cm³/mol. The van der Waals surface area contributed by atoms with Crippen LogP contribution in [0.3, 0.4) is 0 Å². The molecule has 1 aromatic rings. The van der Waals surface area contributed by atoms with Crippen LogP contribution in [0.5, 0.6) is 0 Å². The Morgan fingerprint density at radius 2 is 1.42 bits per heavy atom. The molecule has 33 heavy (non-hydrogen) atoms. The van der Waals surface area contributed by atoms with Crippen LogP contribution in [0.4, 0.5) is 0 Å². The lowest BCUT2D eigenvalue weighted by Crippen LogP contribution is -2.59. The number of hydrogen-bond acceptors (Lipinski definition) is 13. The van der Waals surface area contributed by atoms with Crippen LogP contribution in [0.1, 0.15) is 57.0 Å². The fraction of sp³-hybridized carbons (Fsp3) is 0.600. The van der Waals surface area contributed by atoms with Gasteiger partial charge in [0.2, 0.25) is 5.76 Å². The third-order valence-electron chi connectivity index (χ3n) is 4.29. The van der Waals surface area contributed by atoms with Crippen LogP contribution >= 0.6 is 0 Å². The van der Waals surface area contributed by atoms with Crippen molar-refractivity contribution < 1.29 is 56.9 Å². The molecular formula is C20H25NO12. The first kappa shape index (κ1) is 25.8. The van der Waals surface area contributed by atoms with Crippen molar-refractivity contribution in [3.05, 3.63) is 17.5 Å². The Balaban J connectivity index is 2.51. The maximum atomic E-state index is 12.0. The molecule has 182 valence electrons. The van der Waals surface area contributed by atoms with E-state index < -0.39 is 67.0 Å². The van der Waals surface area contributed by atoms with Crippen molar-refractivity contribution in [3.8, 4) is 0 Å². The van der Waals surface area contributed by atoms with Gasteiger partial charge in [-0.25, -0.2) is 4.79 Å². The summed E-state index contributed by atoms with van der Waals surface area (Å²) >= 11 is 0. The number of esters is 5. The molecule has 1 saturated heterocycles. The van der Waals surface area contributed by atoms with E-state index in [0.29, 0.717) is 0 Å². The second-order valence-electron chi connectivity index (χ2n) is 6.96. The van der Waals surface area contributed by atoms with E-state index in [1.807, 2.05) is 0 Å². The van der Waals surface area contributed by atoms with Gasteiger partial charge in [-0.1, -0.05) is 5.16 Å². The SMILES string of the molecule is CCOC(=O)c1cc([C@@H]2O[C@H](COC(C)=O)[C@@H](OC(C)=O)[C@H](OC(C)=O)[C@H]2OC(C)=O)no1. The zero-order chi connectivity index (χ0) is 24.7. The van der Waals surface area contributed by atoms with Gasteiger partial charge in [-0.2, -0.15) is 0 Å². The molecule has 0 N–H and O–H groups in total. The second kappa shape index (κ2) is 11.4. The molecule has 2 rings (SSSR count). The summed E-state index contributed by atoms with van der Waals surface area (Å²) in [5.41, 5.74) is -0.00412. The van der Waals surface area contributed by atoms with Gasteiger partial charge in [0.05, 0.1) is 6.61 Å². The molecule has 5 atom stereocenters. The molecule has 13 nitrogen and oxygen atoms in total. The van der Waals surface area contributed by atoms with Crippen molar-refractivity contribution in [1.82, 2.24) is 5.16 Å². The van der Waals surface area contributed by atoms with E-state index in [-0.39, 0.29) is 18.1 Å². The molecule has 0 unspecified atom stereocenters. The Hall–Kier alpha value is -3.48. The number of nitrogens with zero attached hydrogens (tertiary/aromatic N) is 1. The molecule has 2 heterocycles. The van der Waals surface area contributed by atoms with E-state index >= 15 is 0 Å². The Morgan fingerprint density at radius 3 is 1.97 bits per heavy atom. The first-order valence-electron chi connectivity index (χ1n) is 9.97. The van der Waals surface area contributed by atoms with E-state index in [9.17, 15) is 24.0 Å². The van der Waals surface area contributed by atoms with E-state index in [1.165, 1.54) is 6.07 Å². The van der Waals surface area contributed by atoms with Gasteiger partial charge in [-0.3, -0.25) is 19.2 Å². The predicted octanol–water partition coefficient (Wildman–Crippen LogP) is 0.649. The Morgan fingerprint density at radius 1 is 0.848 bits per heavy atom. The molecule has 1 aliphatic heterocycles. The Labute approximate surface area is 188 Å². The summed E-state index contributed by atoms with van der Waals surface area (Å²) in [6.45, 7) is 5.80. The minimum atomic E-state index is -1.36. The molecule has 0 amide bonds. The van der Waals surface area contributed by atoms with Crippen LogP contribution < -0.4 is 0 Å². The molecule has 0 aliphatic carbocycles. The van der Waals surface area contributed by atoms with Crippen LogP contribution in [0, 0.1) is 0 Å². The smallest absolute Gasteiger partial charge is 0.377 e. The second-order valence-corrected chi connectivity index (χ2v) is 6.96. The van der Waals surface area contributed by atoms with E-state index in [4.69, 9.17) is 32.9 Å². The van der Waals surface area contributed by atoms with E-state index in [0.717, 1.165) is 27.7 Å². The number of hydrogen-bond donors (Lipinski definition) is 0. The highest BCUT2D eigenvalue weighted by molar-refractivity contribution is 5.86. The number of carbonyl (C=O) groups excluding carboxylic acids is 5. The average Bonchev–Trinajstić information content (AvgIpc) is 3.19. The summed E-state index contributed by atoms with van der Waals surface area (Å²) in [5.74, 6) is -3.97. The maximum absolute atomic E-state index is 12.0. The summed E-state index contributed by atoms with van der Waals surface area (Å²) in [6.07, 6.45) is -6.43. The molecule has 0 spiro atoms. The first-order chi connectivity index (χ1) is 15.5. The lowest BCUT2D eigenvalue weighted by atomic mass is 9.92. The fourth-order valence-electron chi connectivity index (χ4n) is 3.19. The fourth-order valence-corrected chi connectivity index (χ4v) is 3.19. The van der Waals surface area contributed by atoms with Gasteiger partial charge in [0, 0.05) is 33.8 Å². The molecule has 1 aromatic heterocycles. The monoisotopic (exact) mass is 471 g/mol. The van der Waals surface area contributed by atoms with Crippen LogP contribution in [-0.2, 0) is 47.6 Å². The molecular weight excluding hydrogens is 446 g/mol. The molecule has 13 heteroatoms. The maximum Gasteiger partial charge on any atom is 0.377 e. The Kier molecular flexibility index (Phi) is 8.91. The van der Waals surface area contributed by atoms with Crippen LogP contribution in [0.15, 0.2) is 10.6 Å². The van der Waals surface area contributed by atoms with Crippen LogP contribution in [0.25, 0.3) is 0 Å². The minimum Gasteiger partial charge on any atom is -0.463 e. The topological polar surface area (TPSA) is 167 Å². The van der Waals surface area contributed by atoms with Crippen molar-refractivity contribution in [2.75, 3.05) is 13.2 Å². The third-order valence-corrected chi connectivity index (χ3v) is 4.29. The normalized spacial score (nSPS) is 24.3. The van der Waals surface area contributed by atoms with Crippen molar-refractivity contribution in [1.29, 1.82) is 0 Å². The largest absolute Gasteiger partial charge is 0.463 e. The summed E-state index contributed by atoms with van der Waals surface area (Å²) in [6, 6.07) is 1.21. The van der Waals surface area contributed by atoms with Gasteiger partial charge in [0.1, 0.15) is 24.5 Å². The third kappa shape index (κ3) is 7.00. The number of aromatic nitrogens is 1. The molecule has 0 bridgehead atoms. The van der Waals surface area contributed by atoms with Crippen LogP contribution in [0.2, 0.25) is 0 Å². The standard InChI is InChI=1S/C20H25NO12/c1-6-27-20(26)14-7-13(21-33-14)16-18(30-11(4)24)19(31-12(5)25)17(29-10(3)23)15(32-16)8-28-9(2)22/h7,15-19H,6,8H2,1-5H3/t15-,16+,17-,18+,19+/m1/s1. The zero-order valence-corrected chi connectivity index (χ0v) is 18.7. The average molecular weight is 471 g/mol. The molecule has 0 aromatic carbocycles. The van der Waals surface area contributed by atoms with Gasteiger partial charge < -0.3 is 32.9 Å². The molecule has 0 radical (unpaired) electrons. The van der Waals surface area contributed by atoms with Gasteiger partial charge >= 0.3 is 29.8 Å². The lowest BCUT2D eigenvalue weighted by molar-refractivity contribution is -0.255. The van der Waals surface area contributed by atoms with E-state index in [1.54, 1.807) is 6.92 Å². The molecule has 1 aliphatic rings. The van der Waals surface area contributed by atoms with Crippen molar-refractivity contribution >= 4 is 29.8 Å². The number of carbonyl (C=O) groups is 5. The van der Waals surface area contributed by atoms with Gasteiger partial charge in [0.15, 0.2) is 18.3 Å². The van der Waals surface area contributed by atoms with E-state index in [2.05, 4.69) is 5.16 Å².